The molecule has 16 heavy (non-hydrogen) atoms. The van der Waals surface area contributed by atoms with E-state index in [1.807, 2.05) is 19.1 Å². The minimum Gasteiger partial charge on any atom is -0.353 e. The first kappa shape index (κ1) is 13.7. The van der Waals surface area contributed by atoms with Crippen molar-refractivity contribution in [2.24, 2.45) is 0 Å². The Morgan fingerprint density at radius 3 is 2.88 bits per heavy atom. The summed E-state index contributed by atoms with van der Waals surface area (Å²) in [5.74, 6) is 0.0602. The summed E-state index contributed by atoms with van der Waals surface area (Å²) in [4.78, 5) is 12.7. The molecule has 0 aliphatic rings. The quantitative estimate of drug-likeness (QED) is 0.848. The van der Waals surface area contributed by atoms with Crippen LogP contribution in [0.1, 0.15) is 25.1 Å². The number of hydrogen-bond acceptors (Lipinski definition) is 3. The largest absolute Gasteiger partial charge is 0.353 e. The average Bonchev–Trinajstić information content (AvgIpc) is 2.64. The Balaban J connectivity index is 2.18. The van der Waals surface area contributed by atoms with Crippen LogP contribution in [0.25, 0.3) is 0 Å². The van der Waals surface area contributed by atoms with Gasteiger partial charge in [0.25, 0.3) is 0 Å². The minimum atomic E-state index is 0.0602. The highest BCUT2D eigenvalue weighted by atomic mass is 79.9. The zero-order valence-corrected chi connectivity index (χ0v) is 12.0. The lowest BCUT2D eigenvalue weighted by Gasteiger charge is -2.11. The number of carbonyl (C=O) groups is 1. The van der Waals surface area contributed by atoms with Crippen LogP contribution in [0.3, 0.4) is 0 Å². The molecule has 1 atom stereocenters. The molecule has 0 saturated carbocycles. The first-order valence-corrected chi connectivity index (χ1v) is 6.97. The van der Waals surface area contributed by atoms with E-state index in [-0.39, 0.29) is 11.9 Å². The van der Waals surface area contributed by atoms with Crippen molar-refractivity contribution in [1.29, 1.82) is 0 Å². The molecule has 3 nitrogen and oxygen atoms in total. The molecule has 1 rings (SSSR count). The number of carbonyl (C=O) groups excluding carboxylic acids is 1. The topological polar surface area (TPSA) is 41.1 Å². The van der Waals surface area contributed by atoms with Gasteiger partial charge < -0.3 is 10.6 Å². The molecule has 0 bridgehead atoms. The first-order chi connectivity index (χ1) is 7.61. The lowest BCUT2D eigenvalue weighted by molar-refractivity contribution is -0.120. The molecule has 0 spiro atoms. The van der Waals surface area contributed by atoms with Crippen LogP contribution < -0.4 is 10.6 Å². The smallest absolute Gasteiger partial charge is 0.234 e. The molecule has 1 aromatic rings. The number of hydrogen-bond donors (Lipinski definition) is 2. The van der Waals surface area contributed by atoms with Crippen molar-refractivity contribution in [3.05, 3.63) is 20.8 Å². The molecule has 0 aromatic carbocycles. The molecule has 0 radical (unpaired) electrons. The van der Waals surface area contributed by atoms with Gasteiger partial charge >= 0.3 is 0 Å². The molecule has 2 N–H and O–H groups in total. The second-order valence-corrected chi connectivity index (χ2v) is 6.23. The number of thiophene rings is 1. The van der Waals surface area contributed by atoms with Crippen molar-refractivity contribution in [3.8, 4) is 0 Å². The highest BCUT2D eigenvalue weighted by molar-refractivity contribution is 9.11. The maximum absolute atomic E-state index is 11.4. The Morgan fingerprint density at radius 2 is 2.31 bits per heavy atom. The van der Waals surface area contributed by atoms with Crippen LogP contribution in [-0.2, 0) is 11.3 Å². The van der Waals surface area contributed by atoms with Crippen molar-refractivity contribution in [2.75, 3.05) is 6.54 Å². The lowest BCUT2D eigenvalue weighted by atomic mass is 10.2. The van der Waals surface area contributed by atoms with Gasteiger partial charge in [0.2, 0.25) is 5.91 Å². The number of nitrogens with one attached hydrogen (secondary N) is 2. The average molecular weight is 305 g/mol. The van der Waals surface area contributed by atoms with Gasteiger partial charge in [0, 0.05) is 17.5 Å². The molecular formula is C11H17BrN2OS. The van der Waals surface area contributed by atoms with Crippen LogP contribution in [0, 0.1) is 0 Å². The van der Waals surface area contributed by atoms with Gasteiger partial charge in [-0.1, -0.05) is 6.92 Å². The van der Waals surface area contributed by atoms with Crippen LogP contribution in [0.2, 0.25) is 0 Å². The SMILES string of the molecule is CCC(C)NC(=O)CNCc1ccc(Br)s1. The Labute approximate surface area is 109 Å². The van der Waals surface area contributed by atoms with Gasteiger partial charge in [-0.2, -0.15) is 0 Å². The molecular weight excluding hydrogens is 288 g/mol. The van der Waals surface area contributed by atoms with E-state index >= 15 is 0 Å². The van der Waals surface area contributed by atoms with Crippen molar-refractivity contribution >= 4 is 33.2 Å². The summed E-state index contributed by atoms with van der Waals surface area (Å²) in [5, 5.41) is 6.04. The van der Waals surface area contributed by atoms with E-state index in [2.05, 4.69) is 33.5 Å². The normalized spacial score (nSPS) is 12.4. The van der Waals surface area contributed by atoms with Crippen LogP contribution >= 0.6 is 27.3 Å². The number of rotatable bonds is 6. The standard InChI is InChI=1S/C11H17BrN2OS/c1-3-8(2)14-11(15)7-13-6-9-4-5-10(12)16-9/h4-5,8,13H,3,6-7H2,1-2H3,(H,14,15). The molecule has 0 aliphatic heterocycles. The monoisotopic (exact) mass is 304 g/mol. The van der Waals surface area contributed by atoms with E-state index in [1.54, 1.807) is 11.3 Å². The lowest BCUT2D eigenvalue weighted by Crippen LogP contribution is -2.38. The molecule has 0 aliphatic carbocycles. The van der Waals surface area contributed by atoms with Gasteiger partial charge in [0.05, 0.1) is 10.3 Å². The highest BCUT2D eigenvalue weighted by Gasteiger charge is 2.04. The summed E-state index contributed by atoms with van der Waals surface area (Å²) < 4.78 is 1.12. The van der Waals surface area contributed by atoms with Gasteiger partial charge in [0.15, 0.2) is 0 Å². The fraction of sp³-hybridized carbons (Fsp3) is 0.545. The molecule has 90 valence electrons. The third-order valence-corrected chi connectivity index (χ3v) is 3.86. The van der Waals surface area contributed by atoms with E-state index < -0.39 is 0 Å². The van der Waals surface area contributed by atoms with Gasteiger partial charge in [-0.25, -0.2) is 0 Å². The number of halogens is 1. The van der Waals surface area contributed by atoms with Gasteiger partial charge in [-0.3, -0.25) is 4.79 Å². The zero-order valence-electron chi connectivity index (χ0n) is 9.55. The Morgan fingerprint density at radius 1 is 1.56 bits per heavy atom. The predicted octanol–water partition coefficient (Wildman–Crippen LogP) is 2.51. The summed E-state index contributed by atoms with van der Waals surface area (Å²) >= 11 is 5.09. The van der Waals surface area contributed by atoms with Crippen LogP contribution in [0.4, 0.5) is 0 Å². The first-order valence-electron chi connectivity index (χ1n) is 5.36. The third kappa shape index (κ3) is 5.09. The minimum absolute atomic E-state index is 0.0602. The Kier molecular flexibility index (Phi) is 6.01. The van der Waals surface area contributed by atoms with E-state index in [4.69, 9.17) is 0 Å². The second-order valence-electron chi connectivity index (χ2n) is 3.69. The maximum Gasteiger partial charge on any atom is 0.234 e. The summed E-state index contributed by atoms with van der Waals surface area (Å²) in [6, 6.07) is 4.32. The van der Waals surface area contributed by atoms with Crippen molar-refractivity contribution < 1.29 is 4.79 Å². The van der Waals surface area contributed by atoms with E-state index in [1.165, 1.54) is 4.88 Å². The molecule has 0 saturated heterocycles. The molecule has 1 heterocycles. The van der Waals surface area contributed by atoms with Crippen LogP contribution in [0.5, 0.6) is 0 Å². The molecule has 0 fully saturated rings. The number of amides is 1. The summed E-state index contributed by atoms with van der Waals surface area (Å²) in [7, 11) is 0. The summed E-state index contributed by atoms with van der Waals surface area (Å²) in [6.07, 6.45) is 0.962. The van der Waals surface area contributed by atoms with Gasteiger partial charge in [-0.15, -0.1) is 11.3 Å². The van der Waals surface area contributed by atoms with Gasteiger partial charge in [-0.05, 0) is 41.4 Å². The Bertz CT molecular complexity index is 340. The second kappa shape index (κ2) is 7.04. The van der Waals surface area contributed by atoms with Crippen molar-refractivity contribution in [1.82, 2.24) is 10.6 Å². The molecule has 5 heteroatoms. The Hall–Kier alpha value is -0.390. The van der Waals surface area contributed by atoms with E-state index in [0.717, 1.165) is 16.8 Å². The maximum atomic E-state index is 11.4. The fourth-order valence-corrected chi connectivity index (χ4v) is 2.63. The van der Waals surface area contributed by atoms with Crippen LogP contribution in [-0.4, -0.2) is 18.5 Å². The van der Waals surface area contributed by atoms with E-state index in [9.17, 15) is 4.79 Å². The molecule has 1 aromatic heterocycles. The summed E-state index contributed by atoms with van der Waals surface area (Å²) in [6.45, 7) is 5.18. The van der Waals surface area contributed by atoms with Crippen molar-refractivity contribution in [3.63, 3.8) is 0 Å². The highest BCUT2D eigenvalue weighted by Crippen LogP contribution is 2.21. The molecule has 1 amide bonds. The van der Waals surface area contributed by atoms with E-state index in [0.29, 0.717) is 6.54 Å². The van der Waals surface area contributed by atoms with Gasteiger partial charge in [0.1, 0.15) is 0 Å². The zero-order chi connectivity index (χ0) is 12.0. The third-order valence-electron chi connectivity index (χ3n) is 2.23. The summed E-state index contributed by atoms with van der Waals surface area (Å²) in [5.41, 5.74) is 0. The molecule has 1 unspecified atom stereocenters. The predicted molar refractivity (Wildman–Crippen MR) is 71.6 cm³/mol. The van der Waals surface area contributed by atoms with Crippen molar-refractivity contribution in [2.45, 2.75) is 32.9 Å². The fourth-order valence-electron chi connectivity index (χ4n) is 1.17. The van der Waals surface area contributed by atoms with Crippen LogP contribution in [0.15, 0.2) is 15.9 Å².